The van der Waals surface area contributed by atoms with E-state index in [1.807, 2.05) is 6.92 Å². The number of halogens is 1. The first-order chi connectivity index (χ1) is 5.68. The van der Waals surface area contributed by atoms with Gasteiger partial charge in [-0.15, -0.1) is 11.6 Å². The second-order valence-corrected chi connectivity index (χ2v) is 2.60. The molecule has 0 amide bonds. The molecule has 0 heterocycles. The van der Waals surface area contributed by atoms with Crippen LogP contribution >= 0.6 is 11.6 Å². The summed E-state index contributed by atoms with van der Waals surface area (Å²) in [5.41, 5.74) is 0. The highest BCUT2D eigenvalue weighted by atomic mass is 35.5. The first-order valence-electron chi connectivity index (χ1n) is 3.70. The van der Waals surface area contributed by atoms with Crippen LogP contribution in [0.5, 0.6) is 0 Å². The van der Waals surface area contributed by atoms with Crippen molar-refractivity contribution in [1.82, 2.24) is 0 Å². The van der Waals surface area contributed by atoms with Crippen molar-refractivity contribution in [2.45, 2.75) is 12.3 Å². The highest BCUT2D eigenvalue weighted by Crippen LogP contribution is 1.96. The number of carboxylic acids is 1. The maximum absolute atomic E-state index is 10.2. The third-order valence-electron chi connectivity index (χ3n) is 1.11. The smallest absolute Gasteiger partial charge is 0.324 e. The molecule has 1 N–H and O–H groups in total. The van der Waals surface area contributed by atoms with Gasteiger partial charge in [-0.1, -0.05) is 0 Å². The fourth-order valence-electron chi connectivity index (χ4n) is 0.520. The molecule has 5 heteroatoms. The van der Waals surface area contributed by atoms with E-state index in [-0.39, 0.29) is 6.61 Å². The molecule has 0 aliphatic carbocycles. The minimum atomic E-state index is -1.06. The average molecular weight is 197 g/mol. The molecule has 0 fully saturated rings. The summed E-state index contributed by atoms with van der Waals surface area (Å²) in [5.74, 6) is -1.06. The molecule has 1 unspecified atom stereocenters. The summed E-state index contributed by atoms with van der Waals surface area (Å²) in [7, 11) is 0. The highest BCUT2D eigenvalue weighted by molar-refractivity contribution is 6.29. The standard InChI is InChI=1S/C7H13ClO4/c1-2-11-3-4-12-5-6(8)7(9)10/h6H,2-5H2,1H3,(H,9,10). The van der Waals surface area contributed by atoms with Gasteiger partial charge >= 0.3 is 5.97 Å². The van der Waals surface area contributed by atoms with Crippen LogP contribution in [0, 0.1) is 0 Å². The van der Waals surface area contributed by atoms with Gasteiger partial charge in [0.25, 0.3) is 0 Å². The Balaban J connectivity index is 3.14. The van der Waals surface area contributed by atoms with Gasteiger partial charge in [-0.2, -0.15) is 0 Å². The van der Waals surface area contributed by atoms with E-state index in [0.717, 1.165) is 0 Å². The summed E-state index contributed by atoms with van der Waals surface area (Å²) < 4.78 is 9.88. The van der Waals surface area contributed by atoms with Gasteiger partial charge in [-0.25, -0.2) is 0 Å². The van der Waals surface area contributed by atoms with Gasteiger partial charge in [-0.3, -0.25) is 4.79 Å². The number of rotatable bonds is 7. The fraction of sp³-hybridized carbons (Fsp3) is 0.857. The van der Waals surface area contributed by atoms with Crippen LogP contribution in [-0.4, -0.2) is 42.9 Å². The van der Waals surface area contributed by atoms with Gasteiger partial charge < -0.3 is 14.6 Å². The molecule has 1 atom stereocenters. The van der Waals surface area contributed by atoms with Crippen LogP contribution in [0.2, 0.25) is 0 Å². The Morgan fingerprint density at radius 1 is 1.50 bits per heavy atom. The van der Waals surface area contributed by atoms with E-state index >= 15 is 0 Å². The second-order valence-electron chi connectivity index (χ2n) is 2.08. The molecule has 0 radical (unpaired) electrons. The third-order valence-corrected chi connectivity index (χ3v) is 1.42. The summed E-state index contributed by atoms with van der Waals surface area (Å²) in [5, 5.41) is 7.38. The van der Waals surface area contributed by atoms with Crippen molar-refractivity contribution < 1.29 is 19.4 Å². The molecule has 0 aliphatic rings. The molecule has 0 aliphatic heterocycles. The Labute approximate surface area is 76.4 Å². The fourth-order valence-corrected chi connectivity index (χ4v) is 0.609. The molecule has 4 nitrogen and oxygen atoms in total. The lowest BCUT2D eigenvalue weighted by Crippen LogP contribution is -2.21. The summed E-state index contributed by atoms with van der Waals surface area (Å²) in [6, 6.07) is 0. The minimum absolute atomic E-state index is 0.0178. The zero-order valence-electron chi connectivity index (χ0n) is 6.96. The predicted molar refractivity (Wildman–Crippen MR) is 44.6 cm³/mol. The van der Waals surface area contributed by atoms with Gasteiger partial charge in [0, 0.05) is 6.61 Å². The monoisotopic (exact) mass is 196 g/mol. The van der Waals surface area contributed by atoms with Crippen molar-refractivity contribution in [3.05, 3.63) is 0 Å². The van der Waals surface area contributed by atoms with Crippen LogP contribution in [0.4, 0.5) is 0 Å². The lowest BCUT2D eigenvalue weighted by molar-refractivity contribution is -0.137. The second kappa shape index (κ2) is 7.34. The van der Waals surface area contributed by atoms with Crippen LogP contribution in [0.3, 0.4) is 0 Å². The number of hydrogen-bond acceptors (Lipinski definition) is 3. The van der Waals surface area contributed by atoms with Crippen molar-refractivity contribution in [2.24, 2.45) is 0 Å². The van der Waals surface area contributed by atoms with E-state index in [9.17, 15) is 4.79 Å². The molecule has 0 spiro atoms. The van der Waals surface area contributed by atoms with Crippen molar-refractivity contribution in [1.29, 1.82) is 0 Å². The van der Waals surface area contributed by atoms with Gasteiger partial charge in [-0.05, 0) is 6.92 Å². The number of alkyl halides is 1. The van der Waals surface area contributed by atoms with E-state index in [0.29, 0.717) is 19.8 Å². The zero-order valence-corrected chi connectivity index (χ0v) is 7.71. The lowest BCUT2D eigenvalue weighted by atomic mass is 10.4. The predicted octanol–water partition coefficient (Wildman–Crippen LogP) is 0.732. The summed E-state index contributed by atoms with van der Waals surface area (Å²) in [6.07, 6.45) is 0. The molecule has 0 bridgehead atoms. The number of ether oxygens (including phenoxy) is 2. The zero-order chi connectivity index (χ0) is 9.40. The highest BCUT2D eigenvalue weighted by Gasteiger charge is 2.12. The van der Waals surface area contributed by atoms with Crippen molar-refractivity contribution in [2.75, 3.05) is 26.4 Å². The summed E-state index contributed by atoms with van der Waals surface area (Å²) >= 11 is 5.36. The SMILES string of the molecule is CCOCCOCC(Cl)C(=O)O. The molecule has 0 saturated carbocycles. The molecule has 0 aromatic rings. The van der Waals surface area contributed by atoms with Crippen LogP contribution in [0.1, 0.15) is 6.92 Å². The van der Waals surface area contributed by atoms with Crippen LogP contribution in [0.15, 0.2) is 0 Å². The molecule has 12 heavy (non-hydrogen) atoms. The first kappa shape index (κ1) is 11.7. The molecular formula is C7H13ClO4. The van der Waals surface area contributed by atoms with Crippen molar-refractivity contribution in [3.63, 3.8) is 0 Å². The number of aliphatic carboxylic acids is 1. The number of carboxylic acid groups (broad SMARTS) is 1. The largest absolute Gasteiger partial charge is 0.480 e. The van der Waals surface area contributed by atoms with Crippen molar-refractivity contribution in [3.8, 4) is 0 Å². The first-order valence-corrected chi connectivity index (χ1v) is 4.14. The maximum Gasteiger partial charge on any atom is 0.324 e. The van der Waals surface area contributed by atoms with Crippen molar-refractivity contribution >= 4 is 17.6 Å². The maximum atomic E-state index is 10.2. The van der Waals surface area contributed by atoms with E-state index in [1.165, 1.54) is 0 Å². The lowest BCUT2D eigenvalue weighted by Gasteiger charge is -2.05. The number of hydrogen-bond donors (Lipinski definition) is 1. The Morgan fingerprint density at radius 2 is 2.08 bits per heavy atom. The topological polar surface area (TPSA) is 55.8 Å². The molecule has 72 valence electrons. The van der Waals surface area contributed by atoms with E-state index in [4.69, 9.17) is 26.2 Å². The van der Waals surface area contributed by atoms with E-state index in [2.05, 4.69) is 0 Å². The molecule has 0 saturated heterocycles. The van der Waals surface area contributed by atoms with Gasteiger partial charge in [0.05, 0.1) is 19.8 Å². The molecule has 0 rings (SSSR count). The number of carbonyl (C=O) groups is 1. The summed E-state index contributed by atoms with van der Waals surface area (Å²) in [4.78, 5) is 10.2. The van der Waals surface area contributed by atoms with Gasteiger partial charge in [0.2, 0.25) is 0 Å². The average Bonchev–Trinajstić information content (AvgIpc) is 2.03. The summed E-state index contributed by atoms with van der Waals surface area (Å²) in [6.45, 7) is 3.38. The molecule has 0 aromatic carbocycles. The van der Waals surface area contributed by atoms with Gasteiger partial charge in [0.15, 0.2) is 5.38 Å². The van der Waals surface area contributed by atoms with Crippen LogP contribution in [0.25, 0.3) is 0 Å². The van der Waals surface area contributed by atoms with E-state index < -0.39 is 11.3 Å². The van der Waals surface area contributed by atoms with E-state index in [1.54, 1.807) is 0 Å². The molecular weight excluding hydrogens is 184 g/mol. The Hall–Kier alpha value is -0.320. The minimum Gasteiger partial charge on any atom is -0.480 e. The van der Waals surface area contributed by atoms with Crippen LogP contribution < -0.4 is 0 Å². The Morgan fingerprint density at radius 3 is 2.58 bits per heavy atom. The van der Waals surface area contributed by atoms with Crippen LogP contribution in [-0.2, 0) is 14.3 Å². The Kier molecular flexibility index (Phi) is 7.14. The quantitative estimate of drug-likeness (QED) is 0.482. The third kappa shape index (κ3) is 6.39. The Bertz CT molecular complexity index is 129. The van der Waals surface area contributed by atoms with Gasteiger partial charge in [0.1, 0.15) is 0 Å². The normalized spacial score (nSPS) is 12.8. The molecule has 0 aromatic heterocycles.